The minimum Gasteiger partial charge on any atom is -0.330 e. The van der Waals surface area contributed by atoms with Crippen molar-refractivity contribution in [3.05, 3.63) is 34.1 Å². The number of halogens is 2. The summed E-state index contributed by atoms with van der Waals surface area (Å²) in [5, 5.41) is 0. The van der Waals surface area contributed by atoms with Crippen LogP contribution in [0.25, 0.3) is 0 Å². The van der Waals surface area contributed by atoms with E-state index in [-0.39, 0.29) is 11.6 Å². The average Bonchev–Trinajstić information content (AvgIpc) is 2.12. The highest BCUT2D eigenvalue weighted by molar-refractivity contribution is 9.10. The van der Waals surface area contributed by atoms with Gasteiger partial charge in [0, 0.05) is 33.1 Å². The van der Waals surface area contributed by atoms with Gasteiger partial charge in [-0.05, 0) is 18.2 Å². The molecule has 2 nitrogen and oxygen atoms in total. The second-order valence-electron chi connectivity index (χ2n) is 2.81. The molecule has 1 unspecified atom stereocenters. The smallest absolute Gasteiger partial charge is 0.127 e. The molecule has 0 saturated carbocycles. The third-order valence-corrected chi connectivity index (χ3v) is 3.49. The number of rotatable bonds is 4. The summed E-state index contributed by atoms with van der Waals surface area (Å²) in [7, 11) is -1.08. The maximum absolute atomic E-state index is 13.2. The minimum atomic E-state index is -1.08. The summed E-state index contributed by atoms with van der Waals surface area (Å²) in [5.41, 5.74) is 5.72. The van der Waals surface area contributed by atoms with Gasteiger partial charge in [0.15, 0.2) is 0 Å². The SMILES string of the molecule is NCCS(=O)Cc1cc(Br)ccc1F. The summed E-state index contributed by atoms with van der Waals surface area (Å²) < 4.78 is 25.3. The molecule has 0 spiro atoms. The molecular formula is C9H11BrFNOS. The Morgan fingerprint density at radius 1 is 1.50 bits per heavy atom. The van der Waals surface area contributed by atoms with Crippen LogP contribution in [0.4, 0.5) is 4.39 Å². The van der Waals surface area contributed by atoms with Crippen LogP contribution in [0.1, 0.15) is 5.56 Å². The Bertz CT molecular complexity index is 346. The number of benzene rings is 1. The van der Waals surface area contributed by atoms with Crippen molar-refractivity contribution < 1.29 is 8.60 Å². The highest BCUT2D eigenvalue weighted by atomic mass is 79.9. The molecule has 0 aliphatic rings. The zero-order chi connectivity index (χ0) is 10.6. The molecule has 0 bridgehead atoms. The Balaban J connectivity index is 2.75. The van der Waals surface area contributed by atoms with Gasteiger partial charge >= 0.3 is 0 Å². The van der Waals surface area contributed by atoms with E-state index in [1.165, 1.54) is 6.07 Å². The fraction of sp³-hybridized carbons (Fsp3) is 0.333. The molecule has 14 heavy (non-hydrogen) atoms. The van der Waals surface area contributed by atoms with Crippen LogP contribution in [0.2, 0.25) is 0 Å². The molecule has 0 aromatic heterocycles. The molecule has 0 radical (unpaired) electrons. The lowest BCUT2D eigenvalue weighted by Gasteiger charge is -2.03. The molecule has 78 valence electrons. The van der Waals surface area contributed by atoms with Gasteiger partial charge in [0.05, 0.1) is 5.75 Å². The molecule has 0 amide bonds. The van der Waals surface area contributed by atoms with Crippen molar-refractivity contribution in [3.63, 3.8) is 0 Å². The summed E-state index contributed by atoms with van der Waals surface area (Å²) in [6, 6.07) is 4.62. The predicted octanol–water partition coefficient (Wildman–Crippen LogP) is 1.80. The van der Waals surface area contributed by atoms with Crippen LogP contribution in [-0.4, -0.2) is 16.5 Å². The van der Waals surface area contributed by atoms with Crippen LogP contribution in [-0.2, 0) is 16.6 Å². The molecule has 1 atom stereocenters. The Kier molecular flexibility index (Phi) is 4.71. The van der Waals surface area contributed by atoms with E-state index in [2.05, 4.69) is 15.9 Å². The third-order valence-electron chi connectivity index (χ3n) is 1.67. The zero-order valence-electron chi connectivity index (χ0n) is 7.50. The van der Waals surface area contributed by atoms with E-state index in [0.717, 1.165) is 4.47 Å². The number of hydrogen-bond donors (Lipinski definition) is 1. The minimum absolute atomic E-state index is 0.225. The first-order valence-corrected chi connectivity index (χ1v) is 6.40. The van der Waals surface area contributed by atoms with E-state index in [1.54, 1.807) is 12.1 Å². The van der Waals surface area contributed by atoms with Crippen LogP contribution in [0, 0.1) is 5.82 Å². The monoisotopic (exact) mass is 279 g/mol. The molecule has 0 heterocycles. The highest BCUT2D eigenvalue weighted by Crippen LogP contribution is 2.16. The van der Waals surface area contributed by atoms with Gasteiger partial charge < -0.3 is 5.73 Å². The maximum Gasteiger partial charge on any atom is 0.127 e. The van der Waals surface area contributed by atoms with Crippen molar-refractivity contribution in [3.8, 4) is 0 Å². The van der Waals surface area contributed by atoms with Gasteiger partial charge in [-0.25, -0.2) is 4.39 Å². The third kappa shape index (κ3) is 3.48. The highest BCUT2D eigenvalue weighted by Gasteiger charge is 2.06. The van der Waals surface area contributed by atoms with Gasteiger partial charge in [0.1, 0.15) is 5.82 Å². The summed E-state index contributed by atoms with van der Waals surface area (Å²) in [4.78, 5) is 0. The molecule has 0 aliphatic heterocycles. The molecule has 1 aromatic rings. The Morgan fingerprint density at radius 2 is 2.21 bits per heavy atom. The molecule has 1 rings (SSSR count). The van der Waals surface area contributed by atoms with Crippen molar-refractivity contribution in [1.82, 2.24) is 0 Å². The molecule has 1 aromatic carbocycles. The quantitative estimate of drug-likeness (QED) is 0.913. The van der Waals surface area contributed by atoms with Gasteiger partial charge in [-0.1, -0.05) is 15.9 Å². The van der Waals surface area contributed by atoms with Crippen LogP contribution >= 0.6 is 15.9 Å². The van der Waals surface area contributed by atoms with E-state index in [0.29, 0.717) is 17.9 Å². The first-order valence-electron chi connectivity index (χ1n) is 4.12. The fourth-order valence-electron chi connectivity index (χ4n) is 1.03. The van der Waals surface area contributed by atoms with Gasteiger partial charge in [-0.3, -0.25) is 4.21 Å². The lowest BCUT2D eigenvalue weighted by atomic mass is 10.2. The molecule has 0 fully saturated rings. The standard InChI is InChI=1S/C9H11BrFNOS/c10-8-1-2-9(11)7(5-8)6-14(13)4-3-12/h1-2,5H,3-4,6,12H2. The Labute approximate surface area is 93.3 Å². The largest absolute Gasteiger partial charge is 0.330 e. The zero-order valence-corrected chi connectivity index (χ0v) is 9.91. The van der Waals surface area contributed by atoms with Crippen LogP contribution in [0.15, 0.2) is 22.7 Å². The summed E-state index contributed by atoms with van der Waals surface area (Å²) in [6.45, 7) is 0.363. The van der Waals surface area contributed by atoms with Crippen molar-refractivity contribution in [1.29, 1.82) is 0 Å². The molecule has 2 N–H and O–H groups in total. The Hall–Kier alpha value is -0.260. The van der Waals surface area contributed by atoms with Crippen molar-refractivity contribution >= 4 is 26.7 Å². The van der Waals surface area contributed by atoms with E-state index < -0.39 is 10.8 Å². The van der Waals surface area contributed by atoms with Crippen LogP contribution in [0.3, 0.4) is 0 Å². The van der Waals surface area contributed by atoms with Crippen molar-refractivity contribution in [2.75, 3.05) is 12.3 Å². The first-order chi connectivity index (χ1) is 6.63. The average molecular weight is 280 g/mol. The summed E-state index contributed by atoms with van der Waals surface area (Å²) in [5.74, 6) is 0.313. The van der Waals surface area contributed by atoms with Gasteiger partial charge in [-0.2, -0.15) is 0 Å². The Morgan fingerprint density at radius 3 is 2.86 bits per heavy atom. The lowest BCUT2D eigenvalue weighted by molar-refractivity contribution is 0.615. The lowest BCUT2D eigenvalue weighted by Crippen LogP contribution is -2.12. The van der Waals surface area contributed by atoms with Crippen LogP contribution < -0.4 is 5.73 Å². The molecule has 5 heteroatoms. The topological polar surface area (TPSA) is 43.1 Å². The molecule has 0 aliphatic carbocycles. The number of hydrogen-bond acceptors (Lipinski definition) is 2. The second kappa shape index (κ2) is 5.58. The van der Waals surface area contributed by atoms with E-state index in [9.17, 15) is 8.60 Å². The molecular weight excluding hydrogens is 269 g/mol. The van der Waals surface area contributed by atoms with Crippen molar-refractivity contribution in [2.24, 2.45) is 5.73 Å². The molecule has 0 saturated heterocycles. The van der Waals surface area contributed by atoms with Gasteiger partial charge in [0.25, 0.3) is 0 Å². The number of nitrogens with two attached hydrogens (primary N) is 1. The summed E-state index contributed by atoms with van der Waals surface area (Å²) >= 11 is 3.23. The predicted molar refractivity (Wildman–Crippen MR) is 59.9 cm³/mol. The maximum atomic E-state index is 13.2. The second-order valence-corrected chi connectivity index (χ2v) is 5.30. The normalized spacial score (nSPS) is 12.8. The fourth-order valence-corrected chi connectivity index (χ4v) is 2.41. The first kappa shape index (κ1) is 11.8. The van der Waals surface area contributed by atoms with E-state index in [1.807, 2.05) is 0 Å². The van der Waals surface area contributed by atoms with E-state index >= 15 is 0 Å². The summed E-state index contributed by atoms with van der Waals surface area (Å²) in [6.07, 6.45) is 0. The van der Waals surface area contributed by atoms with Crippen LogP contribution in [0.5, 0.6) is 0 Å². The van der Waals surface area contributed by atoms with E-state index in [4.69, 9.17) is 5.73 Å². The van der Waals surface area contributed by atoms with Gasteiger partial charge in [-0.15, -0.1) is 0 Å². The van der Waals surface area contributed by atoms with Crippen molar-refractivity contribution in [2.45, 2.75) is 5.75 Å². The van der Waals surface area contributed by atoms with Gasteiger partial charge in [0.2, 0.25) is 0 Å².